The van der Waals surface area contributed by atoms with Crippen molar-refractivity contribution in [2.24, 2.45) is 0 Å². The van der Waals surface area contributed by atoms with Gasteiger partial charge in [-0.25, -0.2) is 13.1 Å². The Bertz CT molecular complexity index is 458. The molecular weight excluding hydrogens is 258 g/mol. The summed E-state index contributed by atoms with van der Waals surface area (Å²) in [5.74, 6) is -0.480. The standard InChI is InChI=1S/C10H17N3O4S/c1-11-18(16,17)5-4-12-8-6-9(14)13(10(8)15)7-2-3-7/h7-8,11-12H,2-6H2,1H3. The zero-order chi connectivity index (χ0) is 13.3. The van der Waals surface area contributed by atoms with E-state index < -0.39 is 16.1 Å². The van der Waals surface area contributed by atoms with Gasteiger partial charge < -0.3 is 5.32 Å². The zero-order valence-corrected chi connectivity index (χ0v) is 11.0. The van der Waals surface area contributed by atoms with Gasteiger partial charge in [0.25, 0.3) is 0 Å². The maximum absolute atomic E-state index is 11.9. The van der Waals surface area contributed by atoms with Gasteiger partial charge in [-0.05, 0) is 19.9 Å². The first-order valence-electron chi connectivity index (χ1n) is 5.95. The monoisotopic (exact) mass is 275 g/mol. The van der Waals surface area contributed by atoms with Crippen LogP contribution in [-0.4, -0.2) is 56.6 Å². The molecule has 1 aliphatic carbocycles. The summed E-state index contributed by atoms with van der Waals surface area (Å²) >= 11 is 0. The molecule has 102 valence electrons. The van der Waals surface area contributed by atoms with Crippen LogP contribution in [0.15, 0.2) is 0 Å². The number of imide groups is 1. The predicted molar refractivity (Wildman–Crippen MR) is 64.1 cm³/mol. The van der Waals surface area contributed by atoms with E-state index in [2.05, 4.69) is 10.0 Å². The van der Waals surface area contributed by atoms with Crippen molar-refractivity contribution in [3.05, 3.63) is 0 Å². The zero-order valence-electron chi connectivity index (χ0n) is 10.2. The van der Waals surface area contributed by atoms with Crippen molar-refractivity contribution < 1.29 is 18.0 Å². The molecule has 1 unspecified atom stereocenters. The van der Waals surface area contributed by atoms with Crippen molar-refractivity contribution >= 4 is 21.8 Å². The number of nitrogens with zero attached hydrogens (tertiary/aromatic N) is 1. The molecule has 2 amide bonds. The quantitative estimate of drug-likeness (QED) is 0.570. The molecule has 1 heterocycles. The number of carbonyl (C=O) groups excluding carboxylic acids is 2. The van der Waals surface area contributed by atoms with E-state index in [0.717, 1.165) is 12.8 Å². The van der Waals surface area contributed by atoms with Gasteiger partial charge in [0.2, 0.25) is 21.8 Å². The highest BCUT2D eigenvalue weighted by atomic mass is 32.2. The van der Waals surface area contributed by atoms with Crippen LogP contribution in [0.1, 0.15) is 19.3 Å². The molecule has 0 radical (unpaired) electrons. The van der Waals surface area contributed by atoms with Gasteiger partial charge in [-0.15, -0.1) is 0 Å². The van der Waals surface area contributed by atoms with Crippen LogP contribution in [0.5, 0.6) is 0 Å². The molecule has 0 spiro atoms. The molecule has 7 nitrogen and oxygen atoms in total. The number of rotatable bonds is 6. The fraction of sp³-hybridized carbons (Fsp3) is 0.800. The van der Waals surface area contributed by atoms with E-state index in [1.54, 1.807) is 0 Å². The van der Waals surface area contributed by atoms with Crippen molar-refractivity contribution in [3.63, 3.8) is 0 Å². The van der Waals surface area contributed by atoms with Gasteiger partial charge in [-0.2, -0.15) is 0 Å². The average molecular weight is 275 g/mol. The van der Waals surface area contributed by atoms with Gasteiger partial charge >= 0.3 is 0 Å². The highest BCUT2D eigenvalue weighted by molar-refractivity contribution is 7.89. The lowest BCUT2D eigenvalue weighted by Crippen LogP contribution is -2.42. The summed E-state index contributed by atoms with van der Waals surface area (Å²) in [5.41, 5.74) is 0. The molecule has 0 bridgehead atoms. The van der Waals surface area contributed by atoms with Gasteiger partial charge in [0, 0.05) is 12.6 Å². The van der Waals surface area contributed by atoms with E-state index in [1.807, 2.05) is 0 Å². The molecule has 0 aromatic carbocycles. The lowest BCUT2D eigenvalue weighted by molar-refractivity contribution is -0.139. The summed E-state index contributed by atoms with van der Waals surface area (Å²) in [6.45, 7) is 0.158. The molecule has 1 aliphatic heterocycles. The summed E-state index contributed by atoms with van der Waals surface area (Å²) in [6, 6.07) is -0.483. The Labute approximate surface area is 106 Å². The van der Waals surface area contributed by atoms with Crippen molar-refractivity contribution in [2.45, 2.75) is 31.3 Å². The van der Waals surface area contributed by atoms with Crippen LogP contribution < -0.4 is 10.0 Å². The molecule has 1 atom stereocenters. The second-order valence-electron chi connectivity index (χ2n) is 4.57. The number of hydrogen-bond acceptors (Lipinski definition) is 5. The van der Waals surface area contributed by atoms with E-state index >= 15 is 0 Å². The number of amides is 2. The third-order valence-electron chi connectivity index (χ3n) is 3.17. The molecule has 18 heavy (non-hydrogen) atoms. The lowest BCUT2D eigenvalue weighted by atomic mass is 10.2. The Morgan fingerprint density at radius 3 is 2.56 bits per heavy atom. The number of nitrogens with one attached hydrogen (secondary N) is 2. The molecule has 1 saturated heterocycles. The van der Waals surface area contributed by atoms with Gasteiger partial charge in [0.05, 0.1) is 18.2 Å². The van der Waals surface area contributed by atoms with Crippen LogP contribution in [0, 0.1) is 0 Å². The summed E-state index contributed by atoms with van der Waals surface area (Å²) in [5, 5.41) is 2.83. The molecule has 2 N–H and O–H groups in total. The normalized spacial score (nSPS) is 24.9. The first-order valence-corrected chi connectivity index (χ1v) is 7.60. The Balaban J connectivity index is 1.84. The van der Waals surface area contributed by atoms with Gasteiger partial charge in [0.1, 0.15) is 0 Å². The molecule has 0 aromatic rings. The summed E-state index contributed by atoms with van der Waals surface area (Å²) in [7, 11) is -1.94. The van der Waals surface area contributed by atoms with Crippen molar-refractivity contribution in [3.8, 4) is 0 Å². The smallest absolute Gasteiger partial charge is 0.247 e. The van der Waals surface area contributed by atoms with E-state index in [1.165, 1.54) is 11.9 Å². The third kappa shape index (κ3) is 2.88. The van der Waals surface area contributed by atoms with Crippen LogP contribution in [0.4, 0.5) is 0 Å². The van der Waals surface area contributed by atoms with Crippen LogP contribution in [0.3, 0.4) is 0 Å². The fourth-order valence-electron chi connectivity index (χ4n) is 2.00. The second-order valence-corrected chi connectivity index (χ2v) is 6.61. The minimum atomic E-state index is -3.28. The number of sulfonamides is 1. The Hall–Kier alpha value is -0.990. The molecule has 1 saturated carbocycles. The van der Waals surface area contributed by atoms with Crippen molar-refractivity contribution in [2.75, 3.05) is 19.3 Å². The molecule has 2 fully saturated rings. The van der Waals surface area contributed by atoms with Crippen LogP contribution in [-0.2, 0) is 19.6 Å². The fourth-order valence-corrected chi connectivity index (χ4v) is 2.59. The third-order valence-corrected chi connectivity index (χ3v) is 4.53. The minimum Gasteiger partial charge on any atom is -0.304 e. The molecule has 2 rings (SSSR count). The molecular formula is C10H17N3O4S. The summed E-state index contributed by atoms with van der Waals surface area (Å²) in [4.78, 5) is 24.9. The maximum Gasteiger partial charge on any atom is 0.247 e. The van der Waals surface area contributed by atoms with E-state index in [-0.39, 0.29) is 36.6 Å². The Kier molecular flexibility index (Phi) is 3.69. The number of hydrogen-bond donors (Lipinski definition) is 2. The van der Waals surface area contributed by atoms with Gasteiger partial charge in [-0.3, -0.25) is 14.5 Å². The molecule has 0 aromatic heterocycles. The van der Waals surface area contributed by atoms with Gasteiger partial charge in [-0.1, -0.05) is 0 Å². The Morgan fingerprint density at radius 2 is 2.00 bits per heavy atom. The maximum atomic E-state index is 11.9. The minimum absolute atomic E-state index is 0.0813. The molecule has 8 heteroatoms. The predicted octanol–water partition coefficient (Wildman–Crippen LogP) is -1.58. The lowest BCUT2D eigenvalue weighted by Gasteiger charge is -2.14. The summed E-state index contributed by atoms with van der Waals surface area (Å²) < 4.78 is 24.6. The van der Waals surface area contributed by atoms with Crippen LogP contribution in [0.2, 0.25) is 0 Å². The van der Waals surface area contributed by atoms with Gasteiger partial charge in [0.15, 0.2) is 0 Å². The largest absolute Gasteiger partial charge is 0.304 e. The van der Waals surface area contributed by atoms with E-state index in [4.69, 9.17) is 0 Å². The van der Waals surface area contributed by atoms with Crippen molar-refractivity contribution in [1.29, 1.82) is 0 Å². The van der Waals surface area contributed by atoms with E-state index in [9.17, 15) is 18.0 Å². The number of carbonyl (C=O) groups is 2. The topological polar surface area (TPSA) is 95.6 Å². The second kappa shape index (κ2) is 4.94. The molecule has 2 aliphatic rings. The highest BCUT2D eigenvalue weighted by Gasteiger charge is 2.45. The first-order chi connectivity index (χ1) is 8.44. The van der Waals surface area contributed by atoms with Crippen LogP contribution >= 0.6 is 0 Å². The average Bonchev–Trinajstić information content (AvgIpc) is 3.08. The SMILES string of the molecule is CNS(=O)(=O)CCNC1CC(=O)N(C2CC2)C1=O. The van der Waals surface area contributed by atoms with E-state index in [0.29, 0.717) is 0 Å². The van der Waals surface area contributed by atoms with Crippen LogP contribution in [0.25, 0.3) is 0 Å². The first kappa shape index (κ1) is 13.4. The van der Waals surface area contributed by atoms with Crippen molar-refractivity contribution in [1.82, 2.24) is 14.9 Å². The number of likely N-dealkylation sites (tertiary alicyclic amines) is 1. The summed E-state index contributed by atoms with van der Waals surface area (Å²) in [6.07, 6.45) is 1.91. The highest BCUT2D eigenvalue weighted by Crippen LogP contribution is 2.31. The Morgan fingerprint density at radius 1 is 1.33 bits per heavy atom.